The molecule has 0 spiro atoms. The van der Waals surface area contributed by atoms with E-state index in [0.29, 0.717) is 48.5 Å². The third kappa shape index (κ3) is 5.12. The molecule has 0 bridgehead atoms. The first-order valence-electron chi connectivity index (χ1n) is 12.2. The van der Waals surface area contributed by atoms with Crippen molar-refractivity contribution in [1.29, 1.82) is 0 Å². The maximum absolute atomic E-state index is 13.4. The number of likely N-dealkylation sites (tertiary alicyclic amines) is 1. The van der Waals surface area contributed by atoms with Gasteiger partial charge < -0.3 is 14.6 Å². The topological polar surface area (TPSA) is 113 Å². The highest BCUT2D eigenvalue weighted by Crippen LogP contribution is 2.32. The van der Waals surface area contributed by atoms with Crippen LogP contribution in [0.15, 0.2) is 27.9 Å². The van der Waals surface area contributed by atoms with Crippen LogP contribution in [0.4, 0.5) is 0 Å². The van der Waals surface area contributed by atoms with Crippen molar-refractivity contribution in [3.63, 3.8) is 0 Å². The Morgan fingerprint density at radius 1 is 1.20 bits per heavy atom. The monoisotopic (exact) mass is 502 g/mol. The molecule has 1 aliphatic rings. The molecule has 3 aromatic rings. The van der Waals surface area contributed by atoms with E-state index in [4.69, 9.17) is 9.72 Å². The molecule has 190 valence electrons. The number of likely N-dealkylation sites (N-methyl/N-ethyl adjacent to an activating group) is 1. The third-order valence-corrected chi connectivity index (χ3v) is 8.25. The molecule has 0 unspecified atom stereocenters. The minimum Gasteiger partial charge on any atom is -0.493 e. The highest BCUT2D eigenvalue weighted by atomic mass is 32.2. The molecular weight excluding hydrogens is 468 g/mol. The number of nitrogens with one attached hydrogen (secondary N) is 1. The van der Waals surface area contributed by atoms with E-state index in [1.807, 2.05) is 13.8 Å². The Morgan fingerprint density at radius 3 is 2.63 bits per heavy atom. The van der Waals surface area contributed by atoms with Gasteiger partial charge in [-0.15, -0.1) is 0 Å². The summed E-state index contributed by atoms with van der Waals surface area (Å²) in [5, 5.41) is 4.46. The van der Waals surface area contributed by atoms with E-state index in [-0.39, 0.29) is 16.3 Å². The van der Waals surface area contributed by atoms with Crippen LogP contribution >= 0.6 is 0 Å². The van der Waals surface area contributed by atoms with E-state index < -0.39 is 10.0 Å². The van der Waals surface area contributed by atoms with Crippen molar-refractivity contribution < 1.29 is 13.2 Å². The Balaban J connectivity index is 1.75. The molecule has 0 saturated carbocycles. The number of aromatic nitrogens is 4. The van der Waals surface area contributed by atoms with Crippen molar-refractivity contribution in [2.75, 3.05) is 39.8 Å². The number of hydrogen-bond acceptors (Lipinski definition) is 7. The molecule has 2 aromatic heterocycles. The number of benzene rings is 1. The summed E-state index contributed by atoms with van der Waals surface area (Å²) >= 11 is 0. The van der Waals surface area contributed by atoms with Gasteiger partial charge in [-0.05, 0) is 57.5 Å². The molecule has 0 radical (unpaired) electrons. The van der Waals surface area contributed by atoms with E-state index in [1.54, 1.807) is 26.2 Å². The van der Waals surface area contributed by atoms with Crippen molar-refractivity contribution in [2.45, 2.75) is 44.4 Å². The Hall–Kier alpha value is -2.76. The summed E-state index contributed by atoms with van der Waals surface area (Å²) in [6.07, 6.45) is 3.86. The van der Waals surface area contributed by atoms with E-state index in [0.717, 1.165) is 38.0 Å². The van der Waals surface area contributed by atoms with Gasteiger partial charge in [0.25, 0.3) is 5.56 Å². The summed E-state index contributed by atoms with van der Waals surface area (Å²) in [6.45, 7) is 7.40. The van der Waals surface area contributed by atoms with Crippen LogP contribution in [0.1, 0.15) is 38.8 Å². The molecular formula is C24H34N6O4S. The zero-order valence-corrected chi connectivity index (χ0v) is 21.7. The molecule has 3 heterocycles. The summed E-state index contributed by atoms with van der Waals surface area (Å²) in [4.78, 5) is 22.9. The molecule has 1 saturated heterocycles. The number of H-pyrrole nitrogens is 1. The maximum atomic E-state index is 13.4. The lowest BCUT2D eigenvalue weighted by Crippen LogP contribution is -2.35. The summed E-state index contributed by atoms with van der Waals surface area (Å²) < 4.78 is 35.4. The number of rotatable bonds is 10. The van der Waals surface area contributed by atoms with Crippen LogP contribution in [-0.4, -0.2) is 77.2 Å². The van der Waals surface area contributed by atoms with Crippen LogP contribution in [0, 0.1) is 0 Å². The van der Waals surface area contributed by atoms with Crippen LogP contribution in [-0.2, 0) is 23.5 Å². The van der Waals surface area contributed by atoms with E-state index in [9.17, 15) is 13.2 Å². The highest BCUT2D eigenvalue weighted by Gasteiger charge is 2.25. The van der Waals surface area contributed by atoms with Gasteiger partial charge in [-0.25, -0.2) is 13.4 Å². The molecule has 1 fully saturated rings. The van der Waals surface area contributed by atoms with Crippen molar-refractivity contribution in [1.82, 2.24) is 29.0 Å². The average Bonchev–Trinajstić information content (AvgIpc) is 3.46. The molecule has 35 heavy (non-hydrogen) atoms. The van der Waals surface area contributed by atoms with Crippen LogP contribution in [0.5, 0.6) is 5.75 Å². The molecule has 4 rings (SSSR count). The van der Waals surface area contributed by atoms with Crippen LogP contribution < -0.4 is 10.3 Å². The lowest BCUT2D eigenvalue weighted by Gasteiger charge is -2.22. The van der Waals surface area contributed by atoms with E-state index >= 15 is 0 Å². The first-order valence-corrected chi connectivity index (χ1v) is 13.6. The Morgan fingerprint density at radius 2 is 1.94 bits per heavy atom. The van der Waals surface area contributed by atoms with Crippen molar-refractivity contribution in [3.8, 4) is 17.1 Å². The molecule has 0 atom stereocenters. The first kappa shape index (κ1) is 25.3. The summed E-state index contributed by atoms with van der Waals surface area (Å²) in [5.74, 6) is 0.711. The quantitative estimate of drug-likeness (QED) is 0.453. The normalized spacial score (nSPS) is 14.9. The number of ether oxygens (including phenoxy) is 1. The molecule has 1 aliphatic heterocycles. The SMILES string of the molecule is CCCc1nn(C)c2c(=O)[nH]c(-c3cc(S(=O)(=O)N(C)CCN4CCCC4)ccc3OCC)nc12. The minimum atomic E-state index is -3.74. The van der Waals surface area contributed by atoms with Crippen LogP contribution in [0.2, 0.25) is 0 Å². The van der Waals surface area contributed by atoms with Gasteiger partial charge in [-0.2, -0.15) is 9.40 Å². The minimum absolute atomic E-state index is 0.127. The number of sulfonamides is 1. The summed E-state index contributed by atoms with van der Waals surface area (Å²) in [5.41, 5.74) is 1.74. The van der Waals surface area contributed by atoms with Gasteiger partial charge in [-0.1, -0.05) is 13.3 Å². The Kier molecular flexibility index (Phi) is 7.58. The molecule has 0 amide bonds. The number of hydrogen-bond donors (Lipinski definition) is 1. The molecule has 1 N–H and O–H groups in total. The van der Waals surface area contributed by atoms with Gasteiger partial charge in [0.15, 0.2) is 5.52 Å². The number of nitrogens with zero attached hydrogens (tertiary/aromatic N) is 5. The third-order valence-electron chi connectivity index (χ3n) is 6.39. The zero-order valence-electron chi connectivity index (χ0n) is 20.9. The van der Waals surface area contributed by atoms with Crippen LogP contribution in [0.3, 0.4) is 0 Å². The fourth-order valence-electron chi connectivity index (χ4n) is 4.50. The van der Waals surface area contributed by atoms with Gasteiger partial charge in [0, 0.05) is 27.2 Å². The summed E-state index contributed by atoms with van der Waals surface area (Å²) in [7, 11) is -0.429. The van der Waals surface area contributed by atoms with Gasteiger partial charge in [0.2, 0.25) is 10.0 Å². The first-order chi connectivity index (χ1) is 16.8. The largest absolute Gasteiger partial charge is 0.493 e. The fourth-order valence-corrected chi connectivity index (χ4v) is 5.69. The zero-order chi connectivity index (χ0) is 25.2. The van der Waals surface area contributed by atoms with Gasteiger partial charge >= 0.3 is 0 Å². The highest BCUT2D eigenvalue weighted by molar-refractivity contribution is 7.89. The second kappa shape index (κ2) is 10.5. The predicted octanol–water partition coefficient (Wildman–Crippen LogP) is 2.39. The Bertz CT molecular complexity index is 1360. The van der Waals surface area contributed by atoms with E-state index in [2.05, 4.69) is 15.0 Å². The Labute approximate surface area is 206 Å². The molecule has 0 aliphatic carbocycles. The molecule has 1 aromatic carbocycles. The smallest absolute Gasteiger partial charge is 0.277 e. The van der Waals surface area contributed by atoms with Gasteiger partial charge in [0.1, 0.15) is 17.1 Å². The molecule has 11 heteroatoms. The second-order valence-corrected chi connectivity index (χ2v) is 10.9. The second-order valence-electron chi connectivity index (χ2n) is 8.90. The average molecular weight is 503 g/mol. The van der Waals surface area contributed by atoms with Crippen LogP contribution in [0.25, 0.3) is 22.4 Å². The number of aromatic amines is 1. The predicted molar refractivity (Wildman–Crippen MR) is 135 cm³/mol. The number of aryl methyl sites for hydroxylation is 2. The lowest BCUT2D eigenvalue weighted by molar-refractivity contribution is 0.310. The van der Waals surface area contributed by atoms with Crippen molar-refractivity contribution >= 4 is 21.1 Å². The van der Waals surface area contributed by atoms with Crippen molar-refractivity contribution in [2.24, 2.45) is 7.05 Å². The fraction of sp³-hybridized carbons (Fsp3) is 0.542. The lowest BCUT2D eigenvalue weighted by atomic mass is 10.1. The van der Waals surface area contributed by atoms with Crippen molar-refractivity contribution in [3.05, 3.63) is 34.2 Å². The van der Waals surface area contributed by atoms with Gasteiger partial charge in [-0.3, -0.25) is 9.48 Å². The van der Waals surface area contributed by atoms with Gasteiger partial charge in [0.05, 0.1) is 22.8 Å². The molecule has 10 nitrogen and oxygen atoms in total. The maximum Gasteiger partial charge on any atom is 0.277 e. The standard InChI is InChI=1S/C24H34N6O4S/c1-5-9-19-21-22(29(4)27-19)24(31)26-23(25-21)18-16-17(10-11-20(18)34-6-2)35(32,33)28(3)14-15-30-12-7-8-13-30/h10-11,16H,5-9,12-15H2,1-4H3,(H,25,26,31). The van der Waals surface area contributed by atoms with E-state index in [1.165, 1.54) is 15.1 Å². The summed E-state index contributed by atoms with van der Waals surface area (Å²) in [6, 6.07) is 4.70. The number of fused-ring (bicyclic) bond motifs is 1.